The van der Waals surface area contributed by atoms with Crippen molar-refractivity contribution >= 4 is 21.2 Å². The average molecular weight is 301 g/mol. The van der Waals surface area contributed by atoms with Gasteiger partial charge in [0.1, 0.15) is 10.6 Å². The first-order chi connectivity index (χ1) is 9.23. The van der Waals surface area contributed by atoms with Crippen molar-refractivity contribution in [2.24, 2.45) is 0 Å². The Morgan fingerprint density at radius 1 is 1.35 bits per heavy atom. The van der Waals surface area contributed by atoms with Gasteiger partial charge in [-0.15, -0.1) is 0 Å². The molecule has 0 aliphatic carbocycles. The van der Waals surface area contributed by atoms with E-state index < -0.39 is 14.8 Å². The van der Waals surface area contributed by atoms with Gasteiger partial charge in [-0.25, -0.2) is 8.42 Å². The highest BCUT2D eigenvalue weighted by Crippen LogP contribution is 2.31. The van der Waals surface area contributed by atoms with Crippen LogP contribution in [0.15, 0.2) is 23.1 Å². The zero-order chi connectivity index (χ0) is 15.3. The Kier molecular flexibility index (Phi) is 5.46. The maximum Gasteiger partial charge on any atom is 0.310 e. The smallest absolute Gasteiger partial charge is 0.310 e. The first-order valence-electron chi connectivity index (χ1n) is 6.09. The summed E-state index contributed by atoms with van der Waals surface area (Å²) in [7, 11) is 0.240. The summed E-state index contributed by atoms with van der Waals surface area (Å²) in [6, 6.07) is 4.26. The number of benzene rings is 1. The molecule has 112 valence electrons. The lowest BCUT2D eigenvalue weighted by Gasteiger charge is -2.11. The zero-order valence-electron chi connectivity index (χ0n) is 11.8. The van der Waals surface area contributed by atoms with E-state index in [0.29, 0.717) is 6.54 Å². The standard InChI is InChI=1S/C12H19N3O4S/c1-14(2)9-5-8-13-10-6-4-7-11(20(3,18)19)12(10)15(16)17/h4,6-7,13H,5,8-9H2,1-3H3. The van der Waals surface area contributed by atoms with Crippen LogP contribution in [0.2, 0.25) is 0 Å². The largest absolute Gasteiger partial charge is 0.379 e. The van der Waals surface area contributed by atoms with Gasteiger partial charge >= 0.3 is 5.69 Å². The first kappa shape index (κ1) is 16.4. The summed E-state index contributed by atoms with van der Waals surface area (Å²) in [4.78, 5) is 12.2. The summed E-state index contributed by atoms with van der Waals surface area (Å²) >= 11 is 0. The molecule has 8 heteroatoms. The van der Waals surface area contributed by atoms with Crippen LogP contribution in [0.25, 0.3) is 0 Å². The Bertz CT molecular complexity index is 584. The molecule has 20 heavy (non-hydrogen) atoms. The molecule has 0 aromatic heterocycles. The lowest BCUT2D eigenvalue weighted by atomic mass is 10.2. The second kappa shape index (κ2) is 6.67. The molecule has 0 bridgehead atoms. The number of nitro benzene ring substituents is 1. The fourth-order valence-electron chi connectivity index (χ4n) is 1.77. The molecule has 0 radical (unpaired) electrons. The minimum Gasteiger partial charge on any atom is -0.379 e. The summed E-state index contributed by atoms with van der Waals surface area (Å²) in [6.07, 6.45) is 1.76. The van der Waals surface area contributed by atoms with Crippen molar-refractivity contribution in [1.82, 2.24) is 4.90 Å². The van der Waals surface area contributed by atoms with Crippen LogP contribution in [-0.4, -0.2) is 51.7 Å². The van der Waals surface area contributed by atoms with Crippen LogP contribution in [0, 0.1) is 10.1 Å². The molecule has 0 fully saturated rings. The molecule has 7 nitrogen and oxygen atoms in total. The molecule has 0 spiro atoms. The van der Waals surface area contributed by atoms with Crippen LogP contribution in [0.3, 0.4) is 0 Å². The Morgan fingerprint density at radius 3 is 2.50 bits per heavy atom. The van der Waals surface area contributed by atoms with E-state index in [0.717, 1.165) is 19.2 Å². The molecular weight excluding hydrogens is 282 g/mol. The third kappa shape index (κ3) is 4.46. The Balaban J connectivity index is 2.99. The molecule has 0 aliphatic heterocycles. The number of anilines is 1. The van der Waals surface area contributed by atoms with Crippen molar-refractivity contribution in [3.63, 3.8) is 0 Å². The van der Waals surface area contributed by atoms with Gasteiger partial charge in [0.05, 0.1) is 4.92 Å². The maximum absolute atomic E-state index is 11.6. The van der Waals surface area contributed by atoms with Crippen molar-refractivity contribution < 1.29 is 13.3 Å². The highest BCUT2D eigenvalue weighted by molar-refractivity contribution is 7.90. The van der Waals surface area contributed by atoms with Crippen LogP contribution in [0.5, 0.6) is 0 Å². The third-order valence-electron chi connectivity index (χ3n) is 2.68. The highest BCUT2D eigenvalue weighted by Gasteiger charge is 2.25. The monoisotopic (exact) mass is 301 g/mol. The van der Waals surface area contributed by atoms with Crippen LogP contribution >= 0.6 is 0 Å². The second-order valence-corrected chi connectivity index (χ2v) is 6.75. The zero-order valence-corrected chi connectivity index (χ0v) is 12.6. The quantitative estimate of drug-likeness (QED) is 0.464. The molecule has 0 amide bonds. The van der Waals surface area contributed by atoms with Gasteiger partial charge in [0, 0.05) is 12.8 Å². The van der Waals surface area contributed by atoms with E-state index in [1.54, 1.807) is 0 Å². The summed E-state index contributed by atoms with van der Waals surface area (Å²) in [6.45, 7) is 1.37. The molecule has 1 rings (SSSR count). The fourth-order valence-corrected chi connectivity index (χ4v) is 2.63. The SMILES string of the molecule is CN(C)CCCNc1cccc(S(C)(=O)=O)c1[N+](=O)[O-]. The van der Waals surface area contributed by atoms with E-state index in [1.807, 2.05) is 19.0 Å². The van der Waals surface area contributed by atoms with E-state index in [9.17, 15) is 18.5 Å². The third-order valence-corrected chi connectivity index (χ3v) is 3.81. The van der Waals surface area contributed by atoms with E-state index in [4.69, 9.17) is 0 Å². The fraction of sp³-hybridized carbons (Fsp3) is 0.500. The number of rotatable bonds is 7. The lowest BCUT2D eigenvalue weighted by Crippen LogP contribution is -2.17. The van der Waals surface area contributed by atoms with Gasteiger partial charge in [0.25, 0.3) is 0 Å². The summed E-state index contributed by atoms with van der Waals surface area (Å²) in [5.74, 6) is 0. The topological polar surface area (TPSA) is 92.6 Å². The van der Waals surface area contributed by atoms with Gasteiger partial charge in [-0.3, -0.25) is 10.1 Å². The summed E-state index contributed by atoms with van der Waals surface area (Å²) in [5.41, 5.74) is -0.156. The predicted molar refractivity (Wildman–Crippen MR) is 77.9 cm³/mol. The van der Waals surface area contributed by atoms with Crippen LogP contribution in [0.4, 0.5) is 11.4 Å². The Hall–Kier alpha value is -1.67. The molecule has 0 saturated carbocycles. The van der Waals surface area contributed by atoms with E-state index in [2.05, 4.69) is 5.32 Å². The van der Waals surface area contributed by atoms with Crippen molar-refractivity contribution in [3.8, 4) is 0 Å². The van der Waals surface area contributed by atoms with E-state index >= 15 is 0 Å². The van der Waals surface area contributed by atoms with Crippen LogP contribution in [-0.2, 0) is 9.84 Å². The molecule has 0 aliphatic rings. The number of hydrogen-bond acceptors (Lipinski definition) is 6. The molecule has 0 saturated heterocycles. The molecule has 1 N–H and O–H groups in total. The van der Waals surface area contributed by atoms with Gasteiger partial charge < -0.3 is 10.2 Å². The normalized spacial score (nSPS) is 11.6. The van der Waals surface area contributed by atoms with Crippen molar-refractivity contribution in [3.05, 3.63) is 28.3 Å². The maximum atomic E-state index is 11.6. The number of hydrogen-bond donors (Lipinski definition) is 1. The van der Waals surface area contributed by atoms with Crippen molar-refractivity contribution in [1.29, 1.82) is 0 Å². The van der Waals surface area contributed by atoms with Gasteiger partial charge in [0.15, 0.2) is 9.84 Å². The number of para-hydroxylation sites is 1. The van der Waals surface area contributed by atoms with Gasteiger partial charge in [-0.2, -0.15) is 0 Å². The van der Waals surface area contributed by atoms with Crippen LogP contribution < -0.4 is 5.32 Å². The first-order valence-corrected chi connectivity index (χ1v) is 7.98. The minimum atomic E-state index is -3.63. The second-order valence-electron chi connectivity index (χ2n) is 4.77. The number of sulfone groups is 1. The highest BCUT2D eigenvalue weighted by atomic mass is 32.2. The molecule has 0 unspecified atom stereocenters. The van der Waals surface area contributed by atoms with Crippen molar-refractivity contribution in [2.75, 3.05) is 38.8 Å². The summed E-state index contributed by atoms with van der Waals surface area (Å²) in [5, 5.41) is 14.1. The van der Waals surface area contributed by atoms with E-state index in [1.165, 1.54) is 18.2 Å². The Morgan fingerprint density at radius 2 is 2.00 bits per heavy atom. The Labute approximate surface area is 118 Å². The predicted octanol–water partition coefficient (Wildman–Crippen LogP) is 1.36. The van der Waals surface area contributed by atoms with Gasteiger partial charge in [-0.1, -0.05) is 6.07 Å². The molecular formula is C12H19N3O4S. The summed E-state index contributed by atoms with van der Waals surface area (Å²) < 4.78 is 23.2. The average Bonchev–Trinajstić information content (AvgIpc) is 2.32. The molecule has 1 aromatic rings. The number of nitrogens with zero attached hydrogens (tertiary/aromatic N) is 2. The molecule has 0 atom stereocenters. The number of nitrogens with one attached hydrogen (secondary N) is 1. The number of nitro groups is 1. The lowest BCUT2D eigenvalue weighted by molar-refractivity contribution is -0.386. The van der Waals surface area contributed by atoms with E-state index in [-0.39, 0.29) is 16.3 Å². The molecule has 1 aromatic carbocycles. The molecule has 0 heterocycles. The van der Waals surface area contributed by atoms with Gasteiger partial charge in [0.2, 0.25) is 0 Å². The minimum absolute atomic E-state index is 0.233. The van der Waals surface area contributed by atoms with Gasteiger partial charge in [-0.05, 0) is 39.2 Å². The van der Waals surface area contributed by atoms with Crippen molar-refractivity contribution in [2.45, 2.75) is 11.3 Å². The van der Waals surface area contributed by atoms with Crippen LogP contribution in [0.1, 0.15) is 6.42 Å².